The van der Waals surface area contributed by atoms with Gasteiger partial charge in [0.25, 0.3) is 0 Å². The van der Waals surface area contributed by atoms with Gasteiger partial charge in [0, 0.05) is 6.54 Å². The van der Waals surface area contributed by atoms with E-state index in [9.17, 15) is 14.9 Å². The number of hydrogen-bond donors (Lipinski definition) is 1. The molecular formula is C9H11ClN4O3. The van der Waals surface area contributed by atoms with Gasteiger partial charge in [-0.2, -0.15) is 4.68 Å². The number of nitrogens with zero attached hydrogens (tertiary/aromatic N) is 3. The van der Waals surface area contributed by atoms with Gasteiger partial charge in [-0.05, 0) is 11.8 Å². The predicted molar refractivity (Wildman–Crippen MR) is 61.8 cm³/mol. The third kappa shape index (κ3) is 3.04. The lowest BCUT2D eigenvalue weighted by molar-refractivity contribution is -0.389. The fraction of sp³-hybridized carbons (Fsp3) is 0.333. The van der Waals surface area contributed by atoms with Crippen LogP contribution in [-0.2, 0) is 4.79 Å². The monoisotopic (exact) mass is 258 g/mol. The van der Waals surface area contributed by atoms with Crippen molar-refractivity contribution in [2.75, 3.05) is 6.54 Å². The second kappa shape index (κ2) is 5.44. The van der Waals surface area contributed by atoms with E-state index in [2.05, 4.69) is 17.0 Å². The van der Waals surface area contributed by atoms with Crippen LogP contribution in [0.2, 0.25) is 5.02 Å². The first-order chi connectivity index (χ1) is 7.97. The van der Waals surface area contributed by atoms with Crippen LogP contribution in [0.25, 0.3) is 0 Å². The zero-order chi connectivity index (χ0) is 13.0. The number of hydrogen-bond acceptors (Lipinski definition) is 4. The molecule has 0 aliphatic rings. The Bertz CT molecular complexity index is 457. The number of carbonyl (C=O) groups excluding carboxylic acids is 1. The van der Waals surface area contributed by atoms with E-state index >= 15 is 0 Å². The molecule has 1 unspecified atom stereocenters. The summed E-state index contributed by atoms with van der Waals surface area (Å²) in [6.07, 6.45) is 2.78. The fourth-order valence-corrected chi connectivity index (χ4v) is 1.33. The molecule has 17 heavy (non-hydrogen) atoms. The van der Waals surface area contributed by atoms with Crippen LogP contribution in [0.4, 0.5) is 5.82 Å². The highest BCUT2D eigenvalue weighted by atomic mass is 35.5. The molecule has 1 amide bonds. The van der Waals surface area contributed by atoms with Gasteiger partial charge in [0.2, 0.25) is 5.91 Å². The van der Waals surface area contributed by atoms with Crippen LogP contribution in [0.5, 0.6) is 0 Å². The predicted octanol–water partition coefficient (Wildman–Crippen LogP) is 1.31. The summed E-state index contributed by atoms with van der Waals surface area (Å²) >= 11 is 5.62. The maximum atomic E-state index is 11.6. The Kier molecular flexibility index (Phi) is 4.22. The standard InChI is InChI=1S/C9H11ClN4O3/c1-3-4-11-9(15)6(2)13-5-7(10)8(12-13)14(16)17/h3,5-6H,1,4H2,2H3,(H,11,15). The highest BCUT2D eigenvalue weighted by Crippen LogP contribution is 2.23. The van der Waals surface area contributed by atoms with E-state index in [0.717, 1.165) is 4.68 Å². The van der Waals surface area contributed by atoms with Crippen molar-refractivity contribution >= 4 is 23.3 Å². The van der Waals surface area contributed by atoms with Crippen LogP contribution in [0.3, 0.4) is 0 Å². The van der Waals surface area contributed by atoms with Gasteiger partial charge >= 0.3 is 5.82 Å². The molecule has 1 heterocycles. The van der Waals surface area contributed by atoms with Crippen molar-refractivity contribution in [3.8, 4) is 0 Å². The molecule has 1 N–H and O–H groups in total. The molecule has 0 fully saturated rings. The molecule has 0 aromatic carbocycles. The number of carbonyl (C=O) groups is 1. The minimum absolute atomic E-state index is 0.0987. The Hall–Kier alpha value is -1.89. The van der Waals surface area contributed by atoms with Gasteiger partial charge in [-0.1, -0.05) is 17.7 Å². The van der Waals surface area contributed by atoms with Crippen LogP contribution in [0, 0.1) is 10.1 Å². The third-order valence-electron chi connectivity index (χ3n) is 2.04. The van der Waals surface area contributed by atoms with Gasteiger partial charge in [-0.25, -0.2) is 0 Å². The summed E-state index contributed by atoms with van der Waals surface area (Å²) in [5, 5.41) is 16.6. The Morgan fingerprint density at radius 2 is 2.53 bits per heavy atom. The number of rotatable bonds is 5. The second-order valence-electron chi connectivity index (χ2n) is 3.25. The van der Waals surface area contributed by atoms with E-state index in [1.165, 1.54) is 12.3 Å². The molecule has 1 aromatic heterocycles. The molecule has 0 bridgehead atoms. The Morgan fingerprint density at radius 3 is 3.00 bits per heavy atom. The minimum Gasteiger partial charge on any atom is -0.358 e. The Morgan fingerprint density at radius 1 is 1.88 bits per heavy atom. The summed E-state index contributed by atoms with van der Waals surface area (Å²) in [7, 11) is 0. The van der Waals surface area contributed by atoms with Gasteiger partial charge in [-0.15, -0.1) is 6.58 Å². The Balaban J connectivity index is 2.85. The van der Waals surface area contributed by atoms with E-state index in [-0.39, 0.29) is 10.9 Å². The Labute approximate surface area is 102 Å². The number of nitro groups is 1. The summed E-state index contributed by atoms with van der Waals surface area (Å²) in [5.41, 5.74) is 0. The van der Waals surface area contributed by atoms with Crippen molar-refractivity contribution in [3.05, 3.63) is 34.0 Å². The average molecular weight is 259 g/mol. The van der Waals surface area contributed by atoms with Crippen molar-refractivity contribution in [1.29, 1.82) is 0 Å². The first-order valence-corrected chi connectivity index (χ1v) is 5.12. The molecule has 0 spiro atoms. The zero-order valence-corrected chi connectivity index (χ0v) is 9.85. The molecule has 0 saturated heterocycles. The normalized spacial score (nSPS) is 11.9. The third-order valence-corrected chi connectivity index (χ3v) is 2.31. The van der Waals surface area contributed by atoms with Crippen molar-refractivity contribution in [1.82, 2.24) is 15.1 Å². The summed E-state index contributed by atoms with van der Waals surface area (Å²) < 4.78 is 1.15. The van der Waals surface area contributed by atoms with Crippen molar-refractivity contribution < 1.29 is 9.72 Å². The number of aromatic nitrogens is 2. The van der Waals surface area contributed by atoms with E-state index in [1.54, 1.807) is 6.92 Å². The lowest BCUT2D eigenvalue weighted by atomic mass is 10.3. The van der Waals surface area contributed by atoms with Crippen molar-refractivity contribution in [3.63, 3.8) is 0 Å². The lowest BCUT2D eigenvalue weighted by Crippen LogP contribution is -2.31. The minimum atomic E-state index is -0.701. The largest absolute Gasteiger partial charge is 0.408 e. The van der Waals surface area contributed by atoms with Crippen molar-refractivity contribution in [2.24, 2.45) is 0 Å². The molecule has 0 aliphatic heterocycles. The molecule has 0 saturated carbocycles. The van der Waals surface area contributed by atoms with Gasteiger partial charge < -0.3 is 15.4 Å². The van der Waals surface area contributed by atoms with E-state index < -0.39 is 16.8 Å². The molecule has 0 radical (unpaired) electrons. The van der Waals surface area contributed by atoms with Crippen LogP contribution in [-0.4, -0.2) is 27.2 Å². The average Bonchev–Trinajstić information content (AvgIpc) is 2.67. The van der Waals surface area contributed by atoms with Gasteiger partial charge in [0.05, 0.1) is 11.3 Å². The molecular weight excluding hydrogens is 248 g/mol. The topological polar surface area (TPSA) is 90.1 Å². The highest BCUT2D eigenvalue weighted by Gasteiger charge is 2.25. The maximum absolute atomic E-state index is 11.6. The zero-order valence-electron chi connectivity index (χ0n) is 9.09. The van der Waals surface area contributed by atoms with Gasteiger partial charge in [-0.3, -0.25) is 4.79 Å². The molecule has 1 atom stereocenters. The molecule has 92 valence electrons. The summed E-state index contributed by atoms with van der Waals surface area (Å²) in [5.74, 6) is -0.783. The first kappa shape index (κ1) is 13.2. The van der Waals surface area contributed by atoms with E-state index in [0.29, 0.717) is 6.54 Å². The smallest absolute Gasteiger partial charge is 0.358 e. The molecule has 0 aliphatic carbocycles. The SMILES string of the molecule is C=CCNC(=O)C(C)n1cc(Cl)c([N+](=O)[O-])n1. The number of amides is 1. The quantitative estimate of drug-likeness (QED) is 0.490. The van der Waals surface area contributed by atoms with Gasteiger partial charge in [0.15, 0.2) is 5.02 Å². The molecule has 1 rings (SSSR count). The lowest BCUT2D eigenvalue weighted by Gasteiger charge is -2.07. The summed E-state index contributed by atoms with van der Waals surface area (Å²) in [6.45, 7) is 5.34. The van der Waals surface area contributed by atoms with Crippen LogP contribution in [0.15, 0.2) is 18.9 Å². The number of halogens is 1. The number of nitrogens with one attached hydrogen (secondary N) is 1. The van der Waals surface area contributed by atoms with Crippen molar-refractivity contribution in [2.45, 2.75) is 13.0 Å². The fourth-order valence-electron chi connectivity index (χ4n) is 1.12. The van der Waals surface area contributed by atoms with E-state index in [4.69, 9.17) is 11.6 Å². The molecule has 8 heteroatoms. The molecule has 7 nitrogen and oxygen atoms in total. The van der Waals surface area contributed by atoms with Crippen LogP contribution < -0.4 is 5.32 Å². The molecule has 1 aromatic rings. The van der Waals surface area contributed by atoms with Crippen LogP contribution in [0.1, 0.15) is 13.0 Å². The second-order valence-corrected chi connectivity index (χ2v) is 3.65. The van der Waals surface area contributed by atoms with Gasteiger partial charge in [0.1, 0.15) is 6.04 Å². The highest BCUT2D eigenvalue weighted by molar-refractivity contribution is 6.32. The van der Waals surface area contributed by atoms with Crippen LogP contribution >= 0.6 is 11.6 Å². The van der Waals surface area contributed by atoms with E-state index in [1.807, 2.05) is 0 Å². The summed E-state index contributed by atoms with van der Waals surface area (Å²) in [6, 6.07) is -0.679. The first-order valence-electron chi connectivity index (χ1n) is 4.75. The maximum Gasteiger partial charge on any atom is 0.408 e. The summed E-state index contributed by atoms with van der Waals surface area (Å²) in [4.78, 5) is 21.4.